The Kier molecular flexibility index (Phi) is 6.44. The number of ether oxygens (including phenoxy) is 2. The molecule has 3 aromatic rings. The number of hydrogen-bond donors (Lipinski definition) is 1. The van der Waals surface area contributed by atoms with Crippen LogP contribution in [0, 0.1) is 0 Å². The van der Waals surface area contributed by atoms with E-state index >= 15 is 0 Å². The second kappa shape index (κ2) is 9.29. The number of carbonyl (C=O) groups is 1. The Labute approximate surface area is 201 Å². The van der Waals surface area contributed by atoms with Crippen molar-refractivity contribution in [3.63, 3.8) is 0 Å². The summed E-state index contributed by atoms with van der Waals surface area (Å²) in [6.07, 6.45) is 3.63. The van der Waals surface area contributed by atoms with Crippen LogP contribution in [0.4, 0.5) is 5.95 Å². The molecule has 1 aliphatic heterocycles. The molecule has 9 heteroatoms. The molecule has 1 aromatic heterocycles. The molecule has 0 bridgehead atoms. The van der Waals surface area contributed by atoms with Crippen molar-refractivity contribution in [2.24, 2.45) is 0 Å². The molecule has 1 atom stereocenters. The van der Waals surface area contributed by atoms with Crippen molar-refractivity contribution in [3.05, 3.63) is 65.4 Å². The topological polar surface area (TPSA) is 76.6 Å². The van der Waals surface area contributed by atoms with E-state index in [1.54, 1.807) is 17.2 Å². The van der Waals surface area contributed by atoms with Crippen LogP contribution in [-0.4, -0.2) is 47.6 Å². The van der Waals surface area contributed by atoms with Gasteiger partial charge in [0.1, 0.15) is 11.5 Å². The highest BCUT2D eigenvalue weighted by atomic mass is 35.5. The van der Waals surface area contributed by atoms with E-state index in [2.05, 4.69) is 28.4 Å². The maximum atomic E-state index is 11.9. The minimum absolute atomic E-state index is 0.0278. The summed E-state index contributed by atoms with van der Waals surface area (Å²) in [6, 6.07) is 7.29. The fraction of sp³-hybridized carbons (Fsp3) is 0.208. The predicted molar refractivity (Wildman–Crippen MR) is 131 cm³/mol. The van der Waals surface area contributed by atoms with Crippen LogP contribution in [0.1, 0.15) is 6.42 Å². The first-order chi connectivity index (χ1) is 15.9. The van der Waals surface area contributed by atoms with Gasteiger partial charge in [-0.3, -0.25) is 4.79 Å². The van der Waals surface area contributed by atoms with E-state index in [9.17, 15) is 4.79 Å². The van der Waals surface area contributed by atoms with Crippen molar-refractivity contribution in [2.75, 3.05) is 26.1 Å². The highest BCUT2D eigenvalue weighted by Gasteiger charge is 2.28. The van der Waals surface area contributed by atoms with E-state index in [-0.39, 0.29) is 11.9 Å². The van der Waals surface area contributed by atoms with Crippen molar-refractivity contribution < 1.29 is 14.3 Å². The largest absolute Gasteiger partial charge is 0.495 e. The molecule has 170 valence electrons. The van der Waals surface area contributed by atoms with E-state index in [1.165, 1.54) is 20.3 Å². The van der Waals surface area contributed by atoms with Gasteiger partial charge in [-0.15, -0.1) is 0 Å². The first-order valence-electron chi connectivity index (χ1n) is 10.1. The van der Waals surface area contributed by atoms with Gasteiger partial charge in [-0.05, 0) is 23.8 Å². The minimum atomic E-state index is -0.164. The molecule has 1 fully saturated rings. The highest BCUT2D eigenvalue weighted by molar-refractivity contribution is 6.41. The van der Waals surface area contributed by atoms with E-state index in [1.807, 2.05) is 18.2 Å². The Morgan fingerprint density at radius 1 is 1.21 bits per heavy atom. The van der Waals surface area contributed by atoms with Crippen LogP contribution in [-0.2, 0) is 4.79 Å². The van der Waals surface area contributed by atoms with Gasteiger partial charge >= 0.3 is 0 Å². The van der Waals surface area contributed by atoms with Gasteiger partial charge in [-0.1, -0.05) is 42.4 Å². The number of rotatable bonds is 6. The zero-order chi connectivity index (χ0) is 23.7. The molecule has 0 unspecified atom stereocenters. The first kappa shape index (κ1) is 22.9. The van der Waals surface area contributed by atoms with Crippen LogP contribution in [0.25, 0.3) is 22.0 Å². The number of halogens is 2. The van der Waals surface area contributed by atoms with E-state index in [0.29, 0.717) is 46.0 Å². The standard InChI is InChI=1S/C24H22Cl2N4O3/c1-5-20(31)30-12-16(8-13(30)2)28-24-27-11-15-9-14(6-7-17(15)29-24)21-22(25)18(32-3)10-19(33-4)23(21)26/h5-7,9-11,16H,1-2,8,12H2,3-4H3,(H,27,28,29)/t16-/m0/s1. The van der Waals surface area contributed by atoms with Crippen LogP contribution < -0.4 is 14.8 Å². The Morgan fingerprint density at radius 2 is 1.91 bits per heavy atom. The van der Waals surface area contributed by atoms with Gasteiger partial charge < -0.3 is 19.7 Å². The number of aromatic nitrogens is 2. The number of nitrogens with zero attached hydrogens (tertiary/aromatic N) is 3. The van der Waals surface area contributed by atoms with Crippen molar-refractivity contribution in [1.29, 1.82) is 0 Å². The number of fused-ring (bicyclic) bond motifs is 1. The molecule has 4 rings (SSSR count). The fourth-order valence-electron chi connectivity index (χ4n) is 3.84. The highest BCUT2D eigenvalue weighted by Crippen LogP contribution is 2.46. The van der Waals surface area contributed by atoms with E-state index < -0.39 is 0 Å². The van der Waals surface area contributed by atoms with E-state index in [4.69, 9.17) is 32.7 Å². The third-order valence-corrected chi connectivity index (χ3v) is 6.23. The van der Waals surface area contributed by atoms with Gasteiger partial charge in [0.25, 0.3) is 0 Å². The minimum Gasteiger partial charge on any atom is -0.495 e. The van der Waals surface area contributed by atoms with Gasteiger partial charge in [0.15, 0.2) is 0 Å². The summed E-state index contributed by atoms with van der Waals surface area (Å²) < 4.78 is 10.7. The molecule has 7 nitrogen and oxygen atoms in total. The molecule has 0 saturated carbocycles. The summed E-state index contributed by atoms with van der Waals surface area (Å²) >= 11 is 13.1. The maximum absolute atomic E-state index is 11.9. The van der Waals surface area contributed by atoms with Crippen molar-refractivity contribution in [3.8, 4) is 22.6 Å². The lowest BCUT2D eigenvalue weighted by Gasteiger charge is -2.16. The predicted octanol–water partition coefficient (Wildman–Crippen LogP) is 5.33. The second-order valence-electron chi connectivity index (χ2n) is 7.52. The third-order valence-electron chi connectivity index (χ3n) is 5.48. The van der Waals surface area contributed by atoms with Crippen LogP contribution in [0.15, 0.2) is 55.4 Å². The summed E-state index contributed by atoms with van der Waals surface area (Å²) in [6.45, 7) is 7.98. The fourth-order valence-corrected chi connectivity index (χ4v) is 4.56. The summed E-state index contributed by atoms with van der Waals surface area (Å²) in [5.41, 5.74) is 2.87. The molecule has 1 aliphatic rings. The molecule has 0 radical (unpaired) electrons. The number of nitrogens with one attached hydrogen (secondary N) is 1. The number of carbonyl (C=O) groups excluding carboxylic acids is 1. The Balaban J connectivity index is 1.63. The zero-order valence-corrected chi connectivity index (χ0v) is 19.7. The van der Waals surface area contributed by atoms with Gasteiger partial charge in [0.2, 0.25) is 11.9 Å². The molecular weight excluding hydrogens is 463 g/mol. The van der Waals surface area contributed by atoms with Crippen molar-refractivity contribution >= 4 is 46.0 Å². The lowest BCUT2D eigenvalue weighted by atomic mass is 10.0. The van der Waals surface area contributed by atoms with Crippen LogP contribution in [0.3, 0.4) is 0 Å². The summed E-state index contributed by atoms with van der Waals surface area (Å²) in [5.74, 6) is 1.24. The lowest BCUT2D eigenvalue weighted by Crippen LogP contribution is -2.29. The Hall–Kier alpha value is -3.29. The van der Waals surface area contributed by atoms with Gasteiger partial charge in [-0.25, -0.2) is 9.97 Å². The average molecular weight is 485 g/mol. The van der Waals surface area contributed by atoms with Gasteiger partial charge in [0.05, 0.1) is 35.8 Å². The number of methoxy groups -OCH3 is 2. The Bertz CT molecular complexity index is 1250. The molecule has 0 aliphatic carbocycles. The number of anilines is 1. The number of benzene rings is 2. The third kappa shape index (κ3) is 4.34. The number of amides is 1. The normalized spacial score (nSPS) is 15.6. The zero-order valence-electron chi connectivity index (χ0n) is 18.2. The first-order valence-corrected chi connectivity index (χ1v) is 10.9. The number of likely N-dealkylation sites (tertiary alicyclic amines) is 1. The molecule has 0 spiro atoms. The summed E-state index contributed by atoms with van der Waals surface area (Å²) in [4.78, 5) is 22.6. The maximum Gasteiger partial charge on any atom is 0.250 e. The number of hydrogen-bond acceptors (Lipinski definition) is 6. The SMILES string of the molecule is C=CC(=O)N1C[C@@H](Nc2ncc3cc(-c4c(Cl)c(OC)cc(OC)c4Cl)ccc3n2)CC1=C. The Morgan fingerprint density at radius 3 is 2.55 bits per heavy atom. The smallest absolute Gasteiger partial charge is 0.250 e. The van der Waals surface area contributed by atoms with Crippen LogP contribution >= 0.6 is 23.2 Å². The monoisotopic (exact) mass is 484 g/mol. The van der Waals surface area contributed by atoms with Crippen molar-refractivity contribution in [2.45, 2.75) is 12.5 Å². The van der Waals surface area contributed by atoms with E-state index in [0.717, 1.165) is 22.2 Å². The lowest BCUT2D eigenvalue weighted by molar-refractivity contribution is -0.123. The average Bonchev–Trinajstić information content (AvgIpc) is 3.18. The molecule has 33 heavy (non-hydrogen) atoms. The molecule has 2 aromatic carbocycles. The van der Waals surface area contributed by atoms with Gasteiger partial charge in [0, 0.05) is 41.9 Å². The molecule has 1 N–H and O–H groups in total. The second-order valence-corrected chi connectivity index (χ2v) is 8.27. The molecular formula is C24H22Cl2N4O3. The molecule has 2 heterocycles. The molecule has 1 amide bonds. The quantitative estimate of drug-likeness (QED) is 0.476. The molecule has 1 saturated heterocycles. The van der Waals surface area contributed by atoms with Crippen LogP contribution in [0.2, 0.25) is 10.0 Å². The summed E-state index contributed by atoms with van der Waals surface area (Å²) in [7, 11) is 3.07. The summed E-state index contributed by atoms with van der Waals surface area (Å²) in [5, 5.41) is 4.87. The van der Waals surface area contributed by atoms with Gasteiger partial charge in [-0.2, -0.15) is 0 Å². The van der Waals surface area contributed by atoms with Crippen molar-refractivity contribution in [1.82, 2.24) is 14.9 Å². The van der Waals surface area contributed by atoms with Crippen LogP contribution in [0.5, 0.6) is 11.5 Å².